The Labute approximate surface area is 97.4 Å². The van der Waals surface area contributed by atoms with Gasteiger partial charge in [-0.2, -0.15) is 0 Å². The summed E-state index contributed by atoms with van der Waals surface area (Å²) in [6, 6.07) is 0.402. The number of rotatable bonds is 2. The number of hydrogen-bond donors (Lipinski definition) is 1. The molecule has 1 aromatic rings. The molecule has 0 saturated heterocycles. The second-order valence-electron chi connectivity index (χ2n) is 4.11. The summed E-state index contributed by atoms with van der Waals surface area (Å²) in [5.74, 6) is 0. The van der Waals surface area contributed by atoms with Gasteiger partial charge in [0.05, 0.1) is 0 Å². The van der Waals surface area contributed by atoms with Crippen LogP contribution >= 0.6 is 15.9 Å². The van der Waals surface area contributed by atoms with Crippen LogP contribution in [0.3, 0.4) is 0 Å². The van der Waals surface area contributed by atoms with E-state index >= 15 is 0 Å². The van der Waals surface area contributed by atoms with Crippen molar-refractivity contribution in [3.05, 3.63) is 31.6 Å². The van der Waals surface area contributed by atoms with Gasteiger partial charge in [-0.3, -0.25) is 4.79 Å². The summed E-state index contributed by atoms with van der Waals surface area (Å²) >= 11 is 3.54. The summed E-state index contributed by atoms with van der Waals surface area (Å²) in [6.07, 6.45) is 2.22. The van der Waals surface area contributed by atoms with Gasteiger partial charge in [0, 0.05) is 28.3 Å². The van der Waals surface area contributed by atoms with Crippen LogP contribution in [0.4, 0.5) is 0 Å². The predicted molar refractivity (Wildman–Crippen MR) is 64.0 cm³/mol. The molecule has 0 aliphatic heterocycles. The zero-order valence-electron chi connectivity index (χ0n) is 9.01. The van der Waals surface area contributed by atoms with Gasteiger partial charge in [0.15, 0.2) is 0 Å². The van der Waals surface area contributed by atoms with E-state index in [2.05, 4.69) is 15.9 Å². The second kappa shape index (κ2) is 3.76. The first-order valence-corrected chi connectivity index (χ1v) is 5.97. The molecule has 0 unspecified atom stereocenters. The van der Waals surface area contributed by atoms with E-state index in [1.165, 1.54) is 0 Å². The van der Waals surface area contributed by atoms with E-state index in [0.717, 1.165) is 34.1 Å². The summed E-state index contributed by atoms with van der Waals surface area (Å²) in [4.78, 5) is 12.1. The predicted octanol–water partition coefficient (Wildman–Crippen LogP) is 2.02. The fraction of sp³-hybridized carbons (Fsp3) is 0.545. The highest BCUT2D eigenvalue weighted by molar-refractivity contribution is 9.10. The highest BCUT2D eigenvalue weighted by Crippen LogP contribution is 2.36. The minimum atomic E-state index is 0.0956. The average molecular weight is 271 g/mol. The first-order valence-electron chi connectivity index (χ1n) is 5.18. The van der Waals surface area contributed by atoms with E-state index in [9.17, 15) is 4.79 Å². The van der Waals surface area contributed by atoms with Gasteiger partial charge in [-0.25, -0.2) is 0 Å². The van der Waals surface area contributed by atoms with Crippen LogP contribution in [0.25, 0.3) is 0 Å². The molecule has 0 bridgehead atoms. The third-order valence-corrected chi connectivity index (χ3v) is 4.22. The van der Waals surface area contributed by atoms with Crippen molar-refractivity contribution in [2.45, 2.75) is 39.3 Å². The van der Waals surface area contributed by atoms with Gasteiger partial charge in [-0.1, -0.05) is 0 Å². The Bertz CT molecular complexity index is 461. The minimum absolute atomic E-state index is 0.0956. The van der Waals surface area contributed by atoms with Crippen molar-refractivity contribution in [1.29, 1.82) is 0 Å². The number of nitrogens with two attached hydrogens (primary N) is 1. The van der Waals surface area contributed by atoms with Crippen LogP contribution in [-0.4, -0.2) is 4.57 Å². The number of aromatic nitrogens is 1. The Balaban J connectivity index is 2.74. The molecular formula is C11H15BrN2O. The van der Waals surface area contributed by atoms with Crippen LogP contribution in [-0.2, 0) is 6.54 Å². The van der Waals surface area contributed by atoms with Gasteiger partial charge >= 0.3 is 0 Å². The molecule has 0 aromatic carbocycles. The van der Waals surface area contributed by atoms with E-state index < -0.39 is 0 Å². The SMILES string of the molecule is Cc1c(Br)c(C)n(C2CC2)c(=O)c1CN. The van der Waals surface area contributed by atoms with E-state index in [1.807, 2.05) is 18.4 Å². The van der Waals surface area contributed by atoms with E-state index in [0.29, 0.717) is 12.6 Å². The van der Waals surface area contributed by atoms with Gasteiger partial charge in [-0.15, -0.1) is 0 Å². The van der Waals surface area contributed by atoms with Crippen LogP contribution in [0.2, 0.25) is 0 Å². The smallest absolute Gasteiger partial charge is 0.255 e. The number of halogens is 1. The Kier molecular flexibility index (Phi) is 2.73. The third kappa shape index (κ3) is 1.66. The third-order valence-electron chi connectivity index (χ3n) is 3.05. The second-order valence-corrected chi connectivity index (χ2v) is 4.91. The lowest BCUT2D eigenvalue weighted by molar-refractivity contribution is 0.664. The van der Waals surface area contributed by atoms with Crippen LogP contribution < -0.4 is 11.3 Å². The Morgan fingerprint density at radius 3 is 2.53 bits per heavy atom. The standard InChI is InChI=1S/C11H15BrN2O/c1-6-9(5-13)11(15)14(8-3-4-8)7(2)10(6)12/h8H,3-5,13H2,1-2H3. The van der Waals surface area contributed by atoms with Gasteiger partial charge in [-0.05, 0) is 48.2 Å². The maximum atomic E-state index is 12.1. The number of nitrogens with zero attached hydrogens (tertiary/aromatic N) is 1. The first-order chi connectivity index (χ1) is 7.07. The lowest BCUT2D eigenvalue weighted by Gasteiger charge is -2.15. The molecule has 0 spiro atoms. The first kappa shape index (κ1) is 10.9. The van der Waals surface area contributed by atoms with Gasteiger partial charge < -0.3 is 10.3 Å². The van der Waals surface area contributed by atoms with Gasteiger partial charge in [0.1, 0.15) is 0 Å². The van der Waals surface area contributed by atoms with Gasteiger partial charge in [0.2, 0.25) is 0 Å². The van der Waals surface area contributed by atoms with E-state index in [4.69, 9.17) is 5.73 Å². The van der Waals surface area contributed by atoms with Crippen LogP contribution in [0, 0.1) is 13.8 Å². The molecule has 2 rings (SSSR count). The lowest BCUT2D eigenvalue weighted by Crippen LogP contribution is -2.28. The summed E-state index contributed by atoms with van der Waals surface area (Å²) < 4.78 is 2.91. The molecule has 82 valence electrons. The molecule has 0 atom stereocenters. The quantitative estimate of drug-likeness (QED) is 0.894. The fourth-order valence-corrected chi connectivity index (χ4v) is 2.41. The van der Waals surface area contributed by atoms with Crippen molar-refractivity contribution in [1.82, 2.24) is 4.57 Å². The van der Waals surface area contributed by atoms with E-state index in [-0.39, 0.29) is 5.56 Å². The topological polar surface area (TPSA) is 48.0 Å². The van der Waals surface area contributed by atoms with Crippen LogP contribution in [0.15, 0.2) is 9.27 Å². The molecule has 1 fully saturated rings. The zero-order chi connectivity index (χ0) is 11.2. The maximum Gasteiger partial charge on any atom is 0.255 e. The van der Waals surface area contributed by atoms with Crippen molar-refractivity contribution in [2.24, 2.45) is 5.73 Å². The summed E-state index contributed by atoms with van der Waals surface area (Å²) in [5.41, 5.74) is 8.47. The Morgan fingerprint density at radius 1 is 1.47 bits per heavy atom. The monoisotopic (exact) mass is 270 g/mol. The molecule has 1 aliphatic rings. The van der Waals surface area contributed by atoms with Crippen molar-refractivity contribution in [3.63, 3.8) is 0 Å². The summed E-state index contributed by atoms with van der Waals surface area (Å²) in [5, 5.41) is 0. The number of hydrogen-bond acceptors (Lipinski definition) is 2. The van der Waals surface area contributed by atoms with Gasteiger partial charge in [0.25, 0.3) is 5.56 Å². The van der Waals surface area contributed by atoms with E-state index in [1.54, 1.807) is 0 Å². The molecule has 15 heavy (non-hydrogen) atoms. The normalized spacial score (nSPS) is 15.7. The molecule has 3 nitrogen and oxygen atoms in total. The van der Waals surface area contributed by atoms with Crippen LogP contribution in [0.1, 0.15) is 35.7 Å². The average Bonchev–Trinajstić information content (AvgIpc) is 3.00. The Hall–Kier alpha value is -0.610. The highest BCUT2D eigenvalue weighted by Gasteiger charge is 2.28. The molecule has 0 radical (unpaired) electrons. The highest BCUT2D eigenvalue weighted by atomic mass is 79.9. The lowest BCUT2D eigenvalue weighted by atomic mass is 10.1. The molecule has 1 aliphatic carbocycles. The molecule has 4 heteroatoms. The Morgan fingerprint density at radius 2 is 2.07 bits per heavy atom. The van der Waals surface area contributed by atoms with Crippen molar-refractivity contribution < 1.29 is 0 Å². The molecule has 1 heterocycles. The minimum Gasteiger partial charge on any atom is -0.326 e. The molecule has 2 N–H and O–H groups in total. The van der Waals surface area contributed by atoms with Crippen LogP contribution in [0.5, 0.6) is 0 Å². The summed E-state index contributed by atoms with van der Waals surface area (Å²) in [7, 11) is 0. The van der Waals surface area contributed by atoms with Crippen molar-refractivity contribution in [3.8, 4) is 0 Å². The molecule has 0 amide bonds. The summed E-state index contributed by atoms with van der Waals surface area (Å²) in [6.45, 7) is 4.24. The van der Waals surface area contributed by atoms with Crippen molar-refractivity contribution in [2.75, 3.05) is 0 Å². The van der Waals surface area contributed by atoms with Crippen molar-refractivity contribution >= 4 is 15.9 Å². The zero-order valence-corrected chi connectivity index (χ0v) is 10.6. The molecule has 1 saturated carbocycles. The molecule has 1 aromatic heterocycles. The maximum absolute atomic E-state index is 12.1. The fourth-order valence-electron chi connectivity index (χ4n) is 1.98. The molecular weight excluding hydrogens is 256 g/mol. The number of pyridine rings is 1. The largest absolute Gasteiger partial charge is 0.326 e.